The van der Waals surface area contributed by atoms with Crippen LogP contribution in [-0.2, 0) is 33.4 Å². The first-order valence-corrected chi connectivity index (χ1v) is 11.9. The van der Waals surface area contributed by atoms with Crippen LogP contribution in [0.15, 0.2) is 0 Å². The van der Waals surface area contributed by atoms with Crippen molar-refractivity contribution < 1.29 is 33.4 Å². The van der Waals surface area contributed by atoms with E-state index in [9.17, 15) is 19.2 Å². The van der Waals surface area contributed by atoms with Gasteiger partial charge in [0.05, 0.1) is 23.7 Å². The second kappa shape index (κ2) is 13.4. The van der Waals surface area contributed by atoms with Gasteiger partial charge >= 0.3 is 23.9 Å². The van der Waals surface area contributed by atoms with Crippen molar-refractivity contribution in [3.63, 3.8) is 0 Å². The van der Waals surface area contributed by atoms with Crippen LogP contribution in [0.25, 0.3) is 0 Å². The zero-order valence-corrected chi connectivity index (χ0v) is 20.1. The Morgan fingerprint density at radius 3 is 2.00 bits per heavy atom. The van der Waals surface area contributed by atoms with Gasteiger partial charge in [0.25, 0.3) is 0 Å². The molecule has 226 valence electrons. The van der Waals surface area contributed by atoms with Crippen LogP contribution in [0.3, 0.4) is 0 Å². The van der Waals surface area contributed by atoms with Gasteiger partial charge in [0.15, 0.2) is 0 Å². The Labute approximate surface area is 234 Å². The molecule has 0 aromatic carbocycles. The van der Waals surface area contributed by atoms with E-state index in [1.165, 1.54) is 6.42 Å². The van der Waals surface area contributed by atoms with Gasteiger partial charge in [-0.3, -0.25) is 19.2 Å². The highest BCUT2D eigenvalue weighted by Crippen LogP contribution is 2.58. The largest absolute Gasteiger partial charge is 0.460 e. The Hall–Kier alpha value is -1.92. The molecule has 2 heterocycles. The van der Waals surface area contributed by atoms with Crippen molar-refractivity contribution in [3.05, 3.63) is 0 Å². The summed E-state index contributed by atoms with van der Waals surface area (Å²) >= 11 is 0. The van der Waals surface area contributed by atoms with Gasteiger partial charge in [-0.25, -0.2) is 0 Å². The average Bonchev–Trinajstić information content (AvgIpc) is 3.31. The van der Waals surface area contributed by atoms with Crippen molar-refractivity contribution in [2.45, 2.75) is 136 Å². The molecular weight excluding hydrogens is 484 g/mol. The predicted molar refractivity (Wildman–Crippen MR) is 154 cm³/mol. The van der Waals surface area contributed by atoms with E-state index in [1.54, 1.807) is 34.6 Å². The number of ether oxygens (including phenoxy) is 3. The first-order chi connectivity index (χ1) is 14.7. The summed E-state index contributed by atoms with van der Waals surface area (Å²) in [5, 5.41) is 0. The monoisotopic (exact) mass is 544 g/mol. The predicted octanol–water partition coefficient (Wildman–Crippen LogP) is 7.63. The zero-order valence-electron chi connectivity index (χ0n) is 20.1. The number of hydrogen-bond acceptors (Lipinski definition) is 7. The normalized spacial score (nSPS) is 36.6. The van der Waals surface area contributed by atoms with Gasteiger partial charge in [-0.05, 0) is 84.0 Å². The lowest BCUT2D eigenvalue weighted by Gasteiger charge is -2.34. The lowest BCUT2D eigenvalue weighted by Crippen LogP contribution is -2.38. The van der Waals surface area contributed by atoms with Crippen molar-refractivity contribution in [2.24, 2.45) is 40.9 Å². The lowest BCUT2D eigenvalue weighted by atomic mass is 9.65. The molecule has 8 unspecified atom stereocenters. The molecule has 0 amide bonds. The third-order valence-electron chi connectivity index (χ3n) is 8.24. The van der Waals surface area contributed by atoms with E-state index < -0.39 is 52.3 Å². The molecule has 4 fully saturated rings. The molecule has 0 N–H and O–H groups in total. The number of hydrogen-bond donors (Lipinski definition) is 0. The van der Waals surface area contributed by atoms with E-state index in [-0.39, 0.29) is 69.7 Å². The molecule has 2 saturated carbocycles. The summed E-state index contributed by atoms with van der Waals surface area (Å²) in [5.41, 5.74) is -2.60. The Bertz CT molecular complexity index is 842. The zero-order chi connectivity index (χ0) is 23.6. The molecule has 4 rings (SSSR count). The topological polar surface area (TPSA) is 96.0 Å². The molecule has 2 bridgehead atoms. The molecular formula is C31H60O7. The molecule has 7 nitrogen and oxygen atoms in total. The number of carbonyl (C=O) groups excluding carboxylic acids is 4. The van der Waals surface area contributed by atoms with Crippen LogP contribution in [-0.4, -0.2) is 35.1 Å². The smallest absolute Gasteiger partial charge is 0.317 e. The van der Waals surface area contributed by atoms with Gasteiger partial charge in [-0.1, -0.05) is 51.5 Å². The second-order valence-electron chi connectivity index (χ2n) is 12.2. The third kappa shape index (κ3) is 7.38. The maximum Gasteiger partial charge on any atom is 0.317 e. The van der Waals surface area contributed by atoms with Crippen molar-refractivity contribution in [1.29, 1.82) is 0 Å². The SMILES string of the molecule is C.C.C.C.C.C.CC1C2CCC(C2)C1C1C(=O)OC(=O)C1CC1(C)CC(C)(CC(=O)OC(C)(C)C)OC1=O. The molecule has 38 heavy (non-hydrogen) atoms. The van der Waals surface area contributed by atoms with Crippen LogP contribution in [0.1, 0.15) is 125 Å². The van der Waals surface area contributed by atoms with Crippen molar-refractivity contribution >= 4 is 23.9 Å². The van der Waals surface area contributed by atoms with E-state index in [4.69, 9.17) is 14.2 Å². The molecule has 2 saturated heterocycles. The maximum atomic E-state index is 13.0. The van der Waals surface area contributed by atoms with E-state index in [0.717, 1.165) is 12.8 Å². The van der Waals surface area contributed by atoms with E-state index in [0.29, 0.717) is 17.8 Å². The Morgan fingerprint density at radius 1 is 0.947 bits per heavy atom. The van der Waals surface area contributed by atoms with Crippen molar-refractivity contribution in [2.75, 3.05) is 0 Å². The number of carbonyl (C=O) groups is 4. The molecule has 0 aromatic rings. The van der Waals surface area contributed by atoms with Gasteiger partial charge in [-0.2, -0.15) is 0 Å². The molecule has 4 aliphatic rings. The van der Waals surface area contributed by atoms with Gasteiger partial charge < -0.3 is 14.2 Å². The summed E-state index contributed by atoms with van der Waals surface area (Å²) in [5.74, 6) is -1.39. The Balaban J connectivity index is -0.00000204. The summed E-state index contributed by atoms with van der Waals surface area (Å²) in [6, 6.07) is 0. The average molecular weight is 545 g/mol. The molecule has 0 aromatic heterocycles. The summed E-state index contributed by atoms with van der Waals surface area (Å²) in [4.78, 5) is 50.8. The Kier molecular flexibility index (Phi) is 14.3. The maximum absolute atomic E-state index is 13.0. The fourth-order valence-corrected chi connectivity index (χ4v) is 7.14. The fraction of sp³-hybridized carbons (Fsp3) is 0.871. The highest BCUT2D eigenvalue weighted by atomic mass is 16.6. The quantitative estimate of drug-likeness (QED) is 0.199. The molecule has 2 aliphatic carbocycles. The van der Waals surface area contributed by atoms with Crippen LogP contribution in [0.5, 0.6) is 0 Å². The minimum atomic E-state index is -1.00. The van der Waals surface area contributed by atoms with Crippen LogP contribution >= 0.6 is 0 Å². The third-order valence-corrected chi connectivity index (χ3v) is 8.24. The van der Waals surface area contributed by atoms with Gasteiger partial charge in [0.1, 0.15) is 11.2 Å². The van der Waals surface area contributed by atoms with Gasteiger partial charge in [-0.15, -0.1) is 0 Å². The highest BCUT2D eigenvalue weighted by molar-refractivity contribution is 5.97. The standard InChI is InChI=1S/C25H36O7.6CH4/c1-13-14-7-8-15(9-14)18(13)19-16(20(27)30-21(19)28)10-24(5)12-25(6,32-22(24)29)11-17(26)31-23(2,3)4;;;;;;/h13-16,18-19H,7-12H2,1-6H3;6*1H4. The van der Waals surface area contributed by atoms with Crippen LogP contribution in [0.4, 0.5) is 0 Å². The van der Waals surface area contributed by atoms with Crippen molar-refractivity contribution in [1.82, 2.24) is 0 Å². The van der Waals surface area contributed by atoms with E-state index >= 15 is 0 Å². The van der Waals surface area contributed by atoms with Crippen LogP contribution in [0.2, 0.25) is 0 Å². The fourth-order valence-electron chi connectivity index (χ4n) is 7.14. The van der Waals surface area contributed by atoms with Crippen LogP contribution < -0.4 is 0 Å². The number of cyclic esters (lactones) is 3. The minimum absolute atomic E-state index is 0. The van der Waals surface area contributed by atoms with Gasteiger partial charge in [0.2, 0.25) is 0 Å². The first-order valence-electron chi connectivity index (χ1n) is 11.9. The van der Waals surface area contributed by atoms with E-state index in [2.05, 4.69) is 6.92 Å². The number of fused-ring (bicyclic) bond motifs is 2. The molecule has 2 aliphatic heterocycles. The molecule has 0 radical (unpaired) electrons. The summed E-state index contributed by atoms with van der Waals surface area (Å²) in [7, 11) is 0. The summed E-state index contributed by atoms with van der Waals surface area (Å²) in [6.45, 7) is 11.1. The molecule has 7 heteroatoms. The minimum Gasteiger partial charge on any atom is -0.460 e. The lowest BCUT2D eigenvalue weighted by molar-refractivity contribution is -0.164. The van der Waals surface area contributed by atoms with Gasteiger partial charge in [0, 0.05) is 6.42 Å². The summed E-state index contributed by atoms with van der Waals surface area (Å²) < 4.78 is 16.2. The van der Waals surface area contributed by atoms with Crippen LogP contribution in [0, 0.1) is 40.9 Å². The molecule has 8 atom stereocenters. The molecule has 0 spiro atoms. The Morgan fingerprint density at radius 2 is 1.50 bits per heavy atom. The number of rotatable bonds is 5. The van der Waals surface area contributed by atoms with Crippen molar-refractivity contribution in [3.8, 4) is 0 Å². The highest BCUT2D eigenvalue weighted by Gasteiger charge is 2.61. The number of esters is 4. The summed E-state index contributed by atoms with van der Waals surface area (Å²) in [6.07, 6.45) is 3.84. The first kappa shape index (κ1) is 40.6. The van der Waals surface area contributed by atoms with E-state index in [1.807, 2.05) is 0 Å². The second-order valence-corrected chi connectivity index (χ2v) is 12.2.